The van der Waals surface area contributed by atoms with E-state index in [0.717, 1.165) is 17.1 Å². The van der Waals surface area contributed by atoms with Gasteiger partial charge in [0.25, 0.3) is 0 Å². The van der Waals surface area contributed by atoms with E-state index >= 15 is 0 Å². The molecule has 0 saturated carbocycles. The maximum absolute atomic E-state index is 12.3. The largest absolute Gasteiger partial charge is 0.493 e. The summed E-state index contributed by atoms with van der Waals surface area (Å²) in [5.41, 5.74) is 0.875. The zero-order valence-corrected chi connectivity index (χ0v) is 16.6. The number of rotatable bonds is 9. The van der Waals surface area contributed by atoms with Gasteiger partial charge in [-0.15, -0.1) is 11.3 Å². The number of aromatic nitrogens is 1. The van der Waals surface area contributed by atoms with Crippen molar-refractivity contribution in [3.05, 3.63) is 40.3 Å². The highest BCUT2D eigenvalue weighted by Gasteiger charge is 2.20. The normalized spacial score (nSPS) is 11.7. The fourth-order valence-corrected chi connectivity index (χ4v) is 3.14. The number of carbonyl (C=O) groups excluding carboxylic acids is 1. The van der Waals surface area contributed by atoms with E-state index in [-0.39, 0.29) is 12.1 Å². The molecule has 0 aliphatic heterocycles. The van der Waals surface area contributed by atoms with Crippen LogP contribution in [-0.2, 0) is 13.2 Å². The Bertz CT molecular complexity index is 705. The second-order valence-corrected chi connectivity index (χ2v) is 6.84. The van der Waals surface area contributed by atoms with Crippen LogP contribution in [0.2, 0.25) is 0 Å². The van der Waals surface area contributed by atoms with Crippen LogP contribution < -0.4 is 14.8 Å². The standard InChI is InChI=1S/C19H27N3O3S/c1-5-14(3)22(19(23)20-6-2)11-15-13-26-18(21-15)12-25-17-10-8-7-9-16(17)24-4/h7-10,13-14H,5-6,11-12H2,1-4H3,(H,20,23)/t14-/m1/s1. The van der Waals surface area contributed by atoms with Crippen LogP contribution in [0.3, 0.4) is 0 Å². The van der Waals surface area contributed by atoms with E-state index in [2.05, 4.69) is 17.2 Å². The molecule has 0 fully saturated rings. The first-order chi connectivity index (χ1) is 12.6. The predicted octanol–water partition coefficient (Wildman–Crippen LogP) is 4.06. The van der Waals surface area contributed by atoms with Crippen LogP contribution in [0.25, 0.3) is 0 Å². The van der Waals surface area contributed by atoms with Crippen molar-refractivity contribution in [2.24, 2.45) is 0 Å². The monoisotopic (exact) mass is 377 g/mol. The molecule has 1 atom stereocenters. The van der Waals surface area contributed by atoms with Crippen molar-refractivity contribution in [2.45, 2.75) is 46.4 Å². The molecule has 0 aliphatic rings. The van der Waals surface area contributed by atoms with E-state index in [4.69, 9.17) is 9.47 Å². The van der Waals surface area contributed by atoms with Crippen molar-refractivity contribution >= 4 is 17.4 Å². The molecule has 0 aliphatic carbocycles. The van der Waals surface area contributed by atoms with Gasteiger partial charge in [-0.05, 0) is 32.4 Å². The number of ether oxygens (including phenoxy) is 2. The van der Waals surface area contributed by atoms with Crippen LogP contribution in [0.4, 0.5) is 4.79 Å². The topological polar surface area (TPSA) is 63.7 Å². The number of amides is 2. The molecule has 2 amide bonds. The summed E-state index contributed by atoms with van der Waals surface area (Å²) in [7, 11) is 1.62. The third kappa shape index (κ3) is 5.36. The van der Waals surface area contributed by atoms with E-state index in [0.29, 0.717) is 31.2 Å². The molecule has 26 heavy (non-hydrogen) atoms. The van der Waals surface area contributed by atoms with Crippen LogP contribution in [0.15, 0.2) is 29.6 Å². The van der Waals surface area contributed by atoms with E-state index in [1.807, 2.05) is 48.4 Å². The summed E-state index contributed by atoms with van der Waals surface area (Å²) in [5.74, 6) is 1.39. The van der Waals surface area contributed by atoms with Gasteiger partial charge in [0.1, 0.15) is 11.6 Å². The lowest BCUT2D eigenvalue weighted by atomic mass is 10.2. The Kier molecular flexibility index (Phi) is 7.72. The first kappa shape index (κ1) is 20.0. The zero-order chi connectivity index (χ0) is 18.9. The SMILES string of the molecule is CCNC(=O)N(Cc1csc(COc2ccccc2OC)n1)[C@H](C)CC. The highest BCUT2D eigenvalue weighted by Crippen LogP contribution is 2.27. The van der Waals surface area contributed by atoms with E-state index in [1.165, 1.54) is 11.3 Å². The summed E-state index contributed by atoms with van der Waals surface area (Å²) in [5, 5.41) is 5.72. The van der Waals surface area contributed by atoms with Crippen LogP contribution >= 0.6 is 11.3 Å². The lowest BCUT2D eigenvalue weighted by molar-refractivity contribution is 0.173. The molecule has 0 unspecified atom stereocenters. The van der Waals surface area contributed by atoms with Crippen molar-refractivity contribution in [2.75, 3.05) is 13.7 Å². The molecule has 0 radical (unpaired) electrons. The summed E-state index contributed by atoms with van der Waals surface area (Å²) in [4.78, 5) is 18.7. The molecule has 2 rings (SSSR count). The predicted molar refractivity (Wildman–Crippen MR) is 104 cm³/mol. The Morgan fingerprint density at radius 1 is 1.31 bits per heavy atom. The first-order valence-corrected chi connectivity index (χ1v) is 9.70. The van der Waals surface area contributed by atoms with Crippen molar-refractivity contribution in [3.63, 3.8) is 0 Å². The smallest absolute Gasteiger partial charge is 0.317 e. The van der Waals surface area contributed by atoms with Gasteiger partial charge in [0.15, 0.2) is 11.5 Å². The maximum Gasteiger partial charge on any atom is 0.317 e. The van der Waals surface area contributed by atoms with Gasteiger partial charge in [-0.1, -0.05) is 19.1 Å². The van der Waals surface area contributed by atoms with E-state index in [9.17, 15) is 4.79 Å². The number of carbonyl (C=O) groups is 1. The Labute approximate surface area is 159 Å². The second-order valence-electron chi connectivity index (χ2n) is 5.89. The summed E-state index contributed by atoms with van der Waals surface area (Å²) in [6.45, 7) is 7.52. The molecule has 0 bridgehead atoms. The quantitative estimate of drug-likeness (QED) is 0.716. The van der Waals surface area contributed by atoms with Gasteiger partial charge in [-0.25, -0.2) is 9.78 Å². The second kappa shape index (κ2) is 10.0. The third-order valence-electron chi connectivity index (χ3n) is 4.06. The average Bonchev–Trinajstić information content (AvgIpc) is 3.11. The van der Waals surface area contributed by atoms with Crippen molar-refractivity contribution < 1.29 is 14.3 Å². The van der Waals surface area contributed by atoms with Crippen LogP contribution in [0.5, 0.6) is 11.5 Å². The molecule has 142 valence electrons. The number of thiazole rings is 1. The Hall–Kier alpha value is -2.28. The molecule has 1 aromatic heterocycles. The highest BCUT2D eigenvalue weighted by atomic mass is 32.1. The highest BCUT2D eigenvalue weighted by molar-refractivity contribution is 7.09. The molecule has 1 heterocycles. The molecule has 0 spiro atoms. The molecule has 0 saturated heterocycles. The first-order valence-electron chi connectivity index (χ1n) is 8.82. The van der Waals surface area contributed by atoms with Crippen LogP contribution in [0.1, 0.15) is 37.9 Å². The van der Waals surface area contributed by atoms with Crippen LogP contribution in [0, 0.1) is 0 Å². The lowest BCUT2D eigenvalue weighted by Crippen LogP contribution is -2.44. The van der Waals surface area contributed by atoms with Gasteiger partial charge in [0, 0.05) is 18.0 Å². The Morgan fingerprint density at radius 2 is 2.04 bits per heavy atom. The number of benzene rings is 1. The lowest BCUT2D eigenvalue weighted by Gasteiger charge is -2.27. The van der Waals surface area contributed by atoms with Crippen molar-refractivity contribution in [1.29, 1.82) is 0 Å². The third-order valence-corrected chi connectivity index (χ3v) is 4.93. The van der Waals surface area contributed by atoms with Crippen LogP contribution in [-0.4, -0.2) is 35.6 Å². The Balaban J connectivity index is 2.00. The fraction of sp³-hybridized carbons (Fsp3) is 0.474. The number of nitrogens with one attached hydrogen (secondary N) is 1. The number of hydrogen-bond acceptors (Lipinski definition) is 5. The average molecular weight is 378 g/mol. The van der Waals surface area contributed by atoms with Gasteiger partial charge in [-0.3, -0.25) is 0 Å². The molecule has 1 N–H and O–H groups in total. The minimum atomic E-state index is -0.0540. The number of urea groups is 1. The summed E-state index contributed by atoms with van der Waals surface area (Å²) in [6, 6.07) is 7.63. The molecule has 7 heteroatoms. The molecular weight excluding hydrogens is 350 g/mol. The maximum atomic E-state index is 12.3. The van der Waals surface area contributed by atoms with Gasteiger partial charge in [0.2, 0.25) is 0 Å². The number of methoxy groups -OCH3 is 1. The molecule has 2 aromatic rings. The van der Waals surface area contributed by atoms with Crippen molar-refractivity contribution in [3.8, 4) is 11.5 Å². The number of nitrogens with zero attached hydrogens (tertiary/aromatic N) is 2. The van der Waals surface area contributed by atoms with Gasteiger partial charge in [0.05, 0.1) is 19.3 Å². The molecular formula is C19H27N3O3S. The minimum absolute atomic E-state index is 0.0540. The van der Waals surface area contributed by atoms with Gasteiger partial charge < -0.3 is 19.7 Å². The molecule has 1 aromatic carbocycles. The van der Waals surface area contributed by atoms with E-state index < -0.39 is 0 Å². The Morgan fingerprint density at radius 3 is 2.69 bits per heavy atom. The van der Waals surface area contributed by atoms with Gasteiger partial charge >= 0.3 is 6.03 Å². The van der Waals surface area contributed by atoms with E-state index in [1.54, 1.807) is 7.11 Å². The zero-order valence-electron chi connectivity index (χ0n) is 15.8. The minimum Gasteiger partial charge on any atom is -0.493 e. The number of para-hydroxylation sites is 2. The number of hydrogen-bond donors (Lipinski definition) is 1. The molecule has 6 nitrogen and oxygen atoms in total. The van der Waals surface area contributed by atoms with Crippen molar-refractivity contribution in [1.82, 2.24) is 15.2 Å². The summed E-state index contributed by atoms with van der Waals surface area (Å²) < 4.78 is 11.1. The summed E-state index contributed by atoms with van der Waals surface area (Å²) in [6.07, 6.45) is 0.894. The van der Waals surface area contributed by atoms with Gasteiger partial charge in [-0.2, -0.15) is 0 Å². The fourth-order valence-electron chi connectivity index (χ4n) is 2.44. The summed E-state index contributed by atoms with van der Waals surface area (Å²) >= 11 is 1.53.